The van der Waals surface area contributed by atoms with E-state index in [0.717, 1.165) is 21.9 Å². The number of aromatic nitrogens is 1. The molecule has 1 heterocycles. The maximum absolute atomic E-state index is 11.5. The van der Waals surface area contributed by atoms with Gasteiger partial charge in [-0.15, -0.1) is 0 Å². The number of benzene rings is 2. The van der Waals surface area contributed by atoms with E-state index in [-0.39, 0.29) is 18.2 Å². The average molecular weight is 318 g/mol. The Kier molecular flexibility index (Phi) is 4.60. The van der Waals surface area contributed by atoms with Crippen molar-refractivity contribution in [1.82, 2.24) is 4.98 Å². The highest BCUT2D eigenvalue weighted by Crippen LogP contribution is 2.30. The number of aryl methyl sites for hydroxylation is 1. The Morgan fingerprint density at radius 1 is 1.14 bits per heavy atom. The van der Waals surface area contributed by atoms with Gasteiger partial charge in [0.05, 0.1) is 10.6 Å². The number of thiazole rings is 1. The van der Waals surface area contributed by atoms with Crippen LogP contribution in [0.5, 0.6) is 0 Å². The largest absolute Gasteiger partial charge is 1.00 e. The molecular formula is C16H14ClN2OS-. The number of nitrogens with zero attached hydrogens (tertiary/aromatic N) is 1. The number of fused-ring (bicyclic) bond motifs is 1. The summed E-state index contributed by atoms with van der Waals surface area (Å²) in [7, 11) is 0. The summed E-state index contributed by atoms with van der Waals surface area (Å²) in [5.41, 5.74) is 1.79. The molecule has 3 nitrogen and oxygen atoms in total. The third kappa shape index (κ3) is 3.06. The Hall–Kier alpha value is -1.91. The van der Waals surface area contributed by atoms with Gasteiger partial charge in [-0.25, -0.2) is 4.98 Å². The molecule has 0 aliphatic rings. The molecule has 108 valence electrons. The lowest BCUT2D eigenvalue weighted by Gasteiger charge is -2.06. The van der Waals surface area contributed by atoms with Gasteiger partial charge in [0.2, 0.25) is 0 Å². The van der Waals surface area contributed by atoms with E-state index in [0.29, 0.717) is 4.88 Å². The highest BCUT2D eigenvalue weighted by Gasteiger charge is 2.12. The van der Waals surface area contributed by atoms with Gasteiger partial charge in [-0.1, -0.05) is 47.7 Å². The summed E-state index contributed by atoms with van der Waals surface area (Å²) in [4.78, 5) is 16.6. The standard InChI is InChI=1S/C16H14N2OS.ClH/c1-10-15(11(2)19)20-16(17-10)18-14-9-5-7-12-6-3-4-8-13(12)14;/h3-9H,1-2H3,(H,17,18);1H/p-1. The predicted molar refractivity (Wildman–Crippen MR) is 84.1 cm³/mol. The molecule has 1 aromatic heterocycles. The van der Waals surface area contributed by atoms with E-state index in [1.54, 1.807) is 6.92 Å². The second-order valence-electron chi connectivity index (χ2n) is 4.64. The molecule has 0 saturated carbocycles. The van der Waals surface area contributed by atoms with Crippen LogP contribution in [0.3, 0.4) is 0 Å². The van der Waals surface area contributed by atoms with Crippen molar-refractivity contribution in [2.24, 2.45) is 0 Å². The number of ketones is 1. The van der Waals surface area contributed by atoms with Crippen LogP contribution in [0.1, 0.15) is 22.3 Å². The summed E-state index contributed by atoms with van der Waals surface area (Å²) < 4.78 is 0. The number of rotatable bonds is 3. The number of carbonyl (C=O) groups is 1. The molecule has 0 aliphatic heterocycles. The topological polar surface area (TPSA) is 42.0 Å². The average Bonchev–Trinajstić information content (AvgIpc) is 2.80. The second kappa shape index (κ2) is 6.24. The quantitative estimate of drug-likeness (QED) is 0.745. The van der Waals surface area contributed by atoms with Crippen LogP contribution in [-0.4, -0.2) is 10.8 Å². The number of nitrogens with one attached hydrogen (secondary N) is 1. The molecule has 0 aliphatic carbocycles. The molecule has 21 heavy (non-hydrogen) atoms. The zero-order chi connectivity index (χ0) is 14.1. The molecule has 0 fully saturated rings. The summed E-state index contributed by atoms with van der Waals surface area (Å²) in [6.07, 6.45) is 0. The van der Waals surface area contributed by atoms with Crippen molar-refractivity contribution in [3.8, 4) is 0 Å². The first kappa shape index (κ1) is 15.5. The van der Waals surface area contributed by atoms with Crippen molar-refractivity contribution in [2.75, 3.05) is 5.32 Å². The van der Waals surface area contributed by atoms with Crippen molar-refractivity contribution in [2.45, 2.75) is 13.8 Å². The normalized spacial score (nSPS) is 10.2. The van der Waals surface area contributed by atoms with Crippen molar-refractivity contribution in [3.05, 3.63) is 53.0 Å². The number of hydrogen-bond donors (Lipinski definition) is 1. The van der Waals surface area contributed by atoms with E-state index in [1.165, 1.54) is 16.7 Å². The first-order valence-corrected chi connectivity index (χ1v) is 7.20. The minimum absolute atomic E-state index is 0. The monoisotopic (exact) mass is 317 g/mol. The van der Waals surface area contributed by atoms with Crippen LogP contribution in [0.4, 0.5) is 10.8 Å². The van der Waals surface area contributed by atoms with E-state index >= 15 is 0 Å². The Morgan fingerprint density at radius 2 is 1.86 bits per heavy atom. The summed E-state index contributed by atoms with van der Waals surface area (Å²) in [6.45, 7) is 3.43. The van der Waals surface area contributed by atoms with Crippen LogP contribution in [0.25, 0.3) is 10.8 Å². The molecule has 0 spiro atoms. The summed E-state index contributed by atoms with van der Waals surface area (Å²) in [6, 6.07) is 14.3. The fraction of sp³-hybridized carbons (Fsp3) is 0.125. The fourth-order valence-corrected chi connectivity index (χ4v) is 3.10. The molecular weight excluding hydrogens is 304 g/mol. The Bertz CT molecular complexity index is 793. The molecule has 0 bridgehead atoms. The van der Waals surface area contributed by atoms with Crippen LogP contribution < -0.4 is 17.7 Å². The van der Waals surface area contributed by atoms with Gasteiger partial charge in [0.15, 0.2) is 10.9 Å². The number of carbonyl (C=O) groups excluding carboxylic acids is 1. The highest BCUT2D eigenvalue weighted by molar-refractivity contribution is 7.17. The lowest BCUT2D eigenvalue weighted by Crippen LogP contribution is -3.00. The van der Waals surface area contributed by atoms with Crippen LogP contribution >= 0.6 is 11.3 Å². The maximum atomic E-state index is 11.5. The van der Waals surface area contributed by atoms with Crippen molar-refractivity contribution < 1.29 is 17.2 Å². The molecule has 0 saturated heterocycles. The van der Waals surface area contributed by atoms with Gasteiger partial charge in [0.25, 0.3) is 0 Å². The van der Waals surface area contributed by atoms with Gasteiger partial charge in [0, 0.05) is 18.0 Å². The van der Waals surface area contributed by atoms with Gasteiger partial charge in [-0.2, -0.15) is 0 Å². The summed E-state index contributed by atoms with van der Waals surface area (Å²) in [5.74, 6) is 0.0611. The van der Waals surface area contributed by atoms with E-state index < -0.39 is 0 Å². The molecule has 0 radical (unpaired) electrons. The molecule has 3 rings (SSSR count). The Morgan fingerprint density at radius 3 is 2.57 bits per heavy atom. The van der Waals surface area contributed by atoms with Gasteiger partial charge in [-0.3, -0.25) is 4.79 Å². The summed E-state index contributed by atoms with van der Waals surface area (Å²) in [5, 5.41) is 6.40. The van der Waals surface area contributed by atoms with Crippen LogP contribution in [0, 0.1) is 6.92 Å². The third-order valence-corrected chi connectivity index (χ3v) is 4.32. The van der Waals surface area contributed by atoms with Crippen LogP contribution in [-0.2, 0) is 0 Å². The zero-order valence-electron chi connectivity index (χ0n) is 11.7. The van der Waals surface area contributed by atoms with Gasteiger partial charge >= 0.3 is 0 Å². The number of halogens is 1. The van der Waals surface area contributed by atoms with Crippen LogP contribution in [0.2, 0.25) is 0 Å². The zero-order valence-corrected chi connectivity index (χ0v) is 13.3. The van der Waals surface area contributed by atoms with Gasteiger partial charge in [-0.05, 0) is 18.4 Å². The maximum Gasteiger partial charge on any atom is 0.188 e. The molecule has 3 aromatic rings. The van der Waals surface area contributed by atoms with E-state index in [1.807, 2.05) is 31.2 Å². The van der Waals surface area contributed by atoms with Gasteiger partial charge < -0.3 is 17.7 Å². The predicted octanol–water partition coefficient (Wildman–Crippen LogP) is 1.55. The summed E-state index contributed by atoms with van der Waals surface area (Å²) >= 11 is 1.40. The molecule has 1 N–H and O–H groups in total. The first-order valence-electron chi connectivity index (χ1n) is 6.38. The second-order valence-corrected chi connectivity index (χ2v) is 5.64. The minimum Gasteiger partial charge on any atom is -1.00 e. The number of hydrogen-bond acceptors (Lipinski definition) is 4. The highest BCUT2D eigenvalue weighted by atomic mass is 35.5. The third-order valence-electron chi connectivity index (χ3n) is 3.15. The fourth-order valence-electron chi connectivity index (χ4n) is 2.23. The van der Waals surface area contributed by atoms with Crippen LogP contribution in [0.15, 0.2) is 42.5 Å². The number of Topliss-reactive ketones (excluding diaryl/α,β-unsaturated/α-hetero) is 1. The molecule has 0 amide bonds. The lowest BCUT2D eigenvalue weighted by molar-refractivity contribution is -0.0000122. The molecule has 5 heteroatoms. The Balaban J connectivity index is 0.00000161. The van der Waals surface area contributed by atoms with Crippen molar-refractivity contribution in [3.63, 3.8) is 0 Å². The van der Waals surface area contributed by atoms with Crippen molar-refractivity contribution in [1.29, 1.82) is 0 Å². The van der Waals surface area contributed by atoms with Gasteiger partial charge in [0.1, 0.15) is 0 Å². The molecule has 2 aromatic carbocycles. The minimum atomic E-state index is 0. The SMILES string of the molecule is CC(=O)c1sc(Nc2cccc3ccccc23)nc1C.[Cl-]. The number of anilines is 2. The van der Waals surface area contributed by atoms with E-state index in [2.05, 4.69) is 28.5 Å². The van der Waals surface area contributed by atoms with Crippen molar-refractivity contribution >= 4 is 38.7 Å². The first-order chi connectivity index (χ1) is 9.65. The molecule has 0 unspecified atom stereocenters. The van der Waals surface area contributed by atoms with E-state index in [4.69, 9.17) is 0 Å². The smallest absolute Gasteiger partial charge is 0.188 e. The lowest BCUT2D eigenvalue weighted by atomic mass is 10.1. The molecule has 0 atom stereocenters. The van der Waals surface area contributed by atoms with E-state index in [9.17, 15) is 4.79 Å². The Labute approximate surface area is 133 Å².